The van der Waals surface area contributed by atoms with E-state index in [4.69, 9.17) is 0 Å². The van der Waals surface area contributed by atoms with Gasteiger partial charge in [-0.2, -0.15) is 0 Å². The van der Waals surface area contributed by atoms with Gasteiger partial charge in [0.15, 0.2) is 0 Å². The molecule has 0 saturated carbocycles. The summed E-state index contributed by atoms with van der Waals surface area (Å²) < 4.78 is 4.65. The second-order valence-electron chi connectivity index (χ2n) is 4.34. The van der Waals surface area contributed by atoms with Crippen LogP contribution in [0.4, 0.5) is 5.69 Å². The highest BCUT2D eigenvalue weighted by molar-refractivity contribution is 5.89. The van der Waals surface area contributed by atoms with Crippen molar-refractivity contribution in [2.45, 2.75) is 26.7 Å². The van der Waals surface area contributed by atoms with Crippen molar-refractivity contribution in [3.63, 3.8) is 0 Å². The van der Waals surface area contributed by atoms with E-state index in [9.17, 15) is 4.79 Å². The Hall–Kier alpha value is -1.51. The quantitative estimate of drug-likeness (QED) is 0.769. The van der Waals surface area contributed by atoms with E-state index in [1.807, 2.05) is 12.1 Å². The predicted molar refractivity (Wildman–Crippen MR) is 70.3 cm³/mol. The third-order valence-corrected chi connectivity index (χ3v) is 2.74. The van der Waals surface area contributed by atoms with Crippen LogP contribution in [0.15, 0.2) is 24.3 Å². The van der Waals surface area contributed by atoms with Gasteiger partial charge >= 0.3 is 5.97 Å². The number of nitrogens with one attached hydrogen (secondary N) is 1. The molecule has 1 unspecified atom stereocenters. The molecule has 17 heavy (non-hydrogen) atoms. The van der Waals surface area contributed by atoms with Crippen molar-refractivity contribution < 1.29 is 9.53 Å². The number of carbonyl (C=O) groups excluding carboxylic acids is 1. The standard InChI is InChI=1S/C14H21NO2/c1-4-5-11(2)10-15-13-8-6-12(7-9-13)14(16)17-3/h6-9,11,15H,4-5,10H2,1-3H3. The van der Waals surface area contributed by atoms with E-state index in [2.05, 4.69) is 23.9 Å². The fourth-order valence-corrected chi connectivity index (χ4v) is 1.73. The van der Waals surface area contributed by atoms with Crippen LogP contribution >= 0.6 is 0 Å². The molecule has 94 valence electrons. The van der Waals surface area contributed by atoms with E-state index >= 15 is 0 Å². The highest BCUT2D eigenvalue weighted by Gasteiger charge is 2.04. The lowest BCUT2D eigenvalue weighted by molar-refractivity contribution is 0.0601. The van der Waals surface area contributed by atoms with Crippen molar-refractivity contribution in [1.29, 1.82) is 0 Å². The lowest BCUT2D eigenvalue weighted by Gasteiger charge is -2.12. The molecule has 1 aromatic rings. The number of ether oxygens (including phenoxy) is 1. The van der Waals surface area contributed by atoms with Gasteiger partial charge in [-0.15, -0.1) is 0 Å². The fraction of sp³-hybridized carbons (Fsp3) is 0.500. The Morgan fingerprint density at radius 2 is 2.00 bits per heavy atom. The van der Waals surface area contributed by atoms with Crippen LogP contribution in [0.25, 0.3) is 0 Å². The second kappa shape index (κ2) is 6.94. The van der Waals surface area contributed by atoms with Gasteiger partial charge in [-0.1, -0.05) is 20.3 Å². The molecule has 1 N–H and O–H groups in total. The van der Waals surface area contributed by atoms with Crippen molar-refractivity contribution in [1.82, 2.24) is 0 Å². The number of benzene rings is 1. The summed E-state index contributed by atoms with van der Waals surface area (Å²) >= 11 is 0. The Morgan fingerprint density at radius 3 is 2.53 bits per heavy atom. The molecule has 1 rings (SSSR count). The Morgan fingerprint density at radius 1 is 1.35 bits per heavy atom. The molecular weight excluding hydrogens is 214 g/mol. The topological polar surface area (TPSA) is 38.3 Å². The van der Waals surface area contributed by atoms with Crippen LogP contribution in [0.1, 0.15) is 37.0 Å². The van der Waals surface area contributed by atoms with Crippen molar-refractivity contribution in [3.05, 3.63) is 29.8 Å². The number of hydrogen-bond donors (Lipinski definition) is 1. The molecule has 0 aliphatic carbocycles. The Labute approximate surface area is 103 Å². The van der Waals surface area contributed by atoms with Gasteiger partial charge in [0, 0.05) is 12.2 Å². The summed E-state index contributed by atoms with van der Waals surface area (Å²) in [6.07, 6.45) is 2.44. The lowest BCUT2D eigenvalue weighted by atomic mass is 10.1. The molecule has 0 saturated heterocycles. The Kier molecular flexibility index (Phi) is 5.53. The first-order valence-electron chi connectivity index (χ1n) is 6.09. The third kappa shape index (κ3) is 4.47. The smallest absolute Gasteiger partial charge is 0.337 e. The monoisotopic (exact) mass is 235 g/mol. The summed E-state index contributed by atoms with van der Waals surface area (Å²) in [4.78, 5) is 11.2. The van der Waals surface area contributed by atoms with Gasteiger partial charge in [0.05, 0.1) is 12.7 Å². The van der Waals surface area contributed by atoms with Crippen molar-refractivity contribution in [2.75, 3.05) is 19.0 Å². The minimum atomic E-state index is -0.295. The zero-order chi connectivity index (χ0) is 12.7. The Balaban J connectivity index is 2.48. The number of anilines is 1. The second-order valence-corrected chi connectivity index (χ2v) is 4.34. The van der Waals surface area contributed by atoms with Gasteiger partial charge in [0.2, 0.25) is 0 Å². The average Bonchev–Trinajstić information content (AvgIpc) is 2.36. The summed E-state index contributed by atoms with van der Waals surface area (Å²) in [5.41, 5.74) is 1.63. The van der Waals surface area contributed by atoms with E-state index in [0.717, 1.165) is 12.2 Å². The lowest BCUT2D eigenvalue weighted by Crippen LogP contribution is -2.11. The predicted octanol–water partition coefficient (Wildman–Crippen LogP) is 3.32. The minimum absolute atomic E-state index is 0.295. The van der Waals surface area contributed by atoms with Gasteiger partial charge in [0.25, 0.3) is 0 Å². The molecular formula is C14H21NO2. The van der Waals surface area contributed by atoms with E-state index in [1.54, 1.807) is 12.1 Å². The highest BCUT2D eigenvalue weighted by atomic mass is 16.5. The van der Waals surface area contributed by atoms with Crippen LogP contribution in [0.3, 0.4) is 0 Å². The summed E-state index contributed by atoms with van der Waals surface area (Å²) in [6.45, 7) is 5.40. The Bertz CT molecular complexity index is 346. The van der Waals surface area contributed by atoms with E-state index in [1.165, 1.54) is 20.0 Å². The highest BCUT2D eigenvalue weighted by Crippen LogP contribution is 2.12. The molecule has 0 radical (unpaired) electrons. The van der Waals surface area contributed by atoms with Crippen molar-refractivity contribution >= 4 is 11.7 Å². The van der Waals surface area contributed by atoms with Crippen LogP contribution in [-0.2, 0) is 4.74 Å². The van der Waals surface area contributed by atoms with Gasteiger partial charge in [0.1, 0.15) is 0 Å². The normalized spacial score (nSPS) is 11.9. The summed E-state index contributed by atoms with van der Waals surface area (Å²) in [5, 5.41) is 3.36. The molecule has 0 heterocycles. The zero-order valence-corrected chi connectivity index (χ0v) is 10.8. The zero-order valence-electron chi connectivity index (χ0n) is 10.8. The van der Waals surface area contributed by atoms with Crippen LogP contribution in [0.2, 0.25) is 0 Å². The summed E-state index contributed by atoms with van der Waals surface area (Å²) in [7, 11) is 1.39. The molecule has 3 heteroatoms. The first-order chi connectivity index (χ1) is 8.17. The summed E-state index contributed by atoms with van der Waals surface area (Å²) in [5.74, 6) is 0.371. The van der Waals surface area contributed by atoms with Crippen LogP contribution in [0, 0.1) is 5.92 Å². The molecule has 1 atom stereocenters. The number of rotatable bonds is 6. The molecule has 0 aromatic heterocycles. The van der Waals surface area contributed by atoms with Crippen LogP contribution in [0.5, 0.6) is 0 Å². The van der Waals surface area contributed by atoms with Crippen LogP contribution < -0.4 is 5.32 Å². The van der Waals surface area contributed by atoms with Gasteiger partial charge in [-0.25, -0.2) is 4.79 Å². The molecule has 1 aromatic carbocycles. The van der Waals surface area contributed by atoms with Crippen molar-refractivity contribution in [3.8, 4) is 0 Å². The maximum absolute atomic E-state index is 11.2. The van der Waals surface area contributed by atoms with Gasteiger partial charge in [-0.05, 0) is 36.6 Å². The maximum Gasteiger partial charge on any atom is 0.337 e. The molecule has 3 nitrogen and oxygen atoms in total. The SMILES string of the molecule is CCCC(C)CNc1ccc(C(=O)OC)cc1. The number of carbonyl (C=O) groups is 1. The first kappa shape index (κ1) is 13.6. The minimum Gasteiger partial charge on any atom is -0.465 e. The molecule has 0 aliphatic heterocycles. The van der Waals surface area contributed by atoms with E-state index in [0.29, 0.717) is 11.5 Å². The fourth-order valence-electron chi connectivity index (χ4n) is 1.73. The first-order valence-corrected chi connectivity index (χ1v) is 6.09. The van der Waals surface area contributed by atoms with Crippen LogP contribution in [-0.4, -0.2) is 19.6 Å². The van der Waals surface area contributed by atoms with Crippen molar-refractivity contribution in [2.24, 2.45) is 5.92 Å². The van der Waals surface area contributed by atoms with Gasteiger partial charge in [-0.3, -0.25) is 0 Å². The number of hydrogen-bond acceptors (Lipinski definition) is 3. The summed E-state index contributed by atoms with van der Waals surface area (Å²) in [6, 6.07) is 7.37. The average molecular weight is 235 g/mol. The molecule has 0 bridgehead atoms. The van der Waals surface area contributed by atoms with Gasteiger partial charge < -0.3 is 10.1 Å². The molecule has 0 spiro atoms. The third-order valence-electron chi connectivity index (χ3n) is 2.74. The molecule has 0 aliphatic rings. The number of esters is 1. The number of methoxy groups -OCH3 is 1. The maximum atomic E-state index is 11.2. The van der Waals surface area contributed by atoms with E-state index in [-0.39, 0.29) is 5.97 Å². The molecule has 0 amide bonds. The largest absolute Gasteiger partial charge is 0.465 e. The van der Waals surface area contributed by atoms with E-state index < -0.39 is 0 Å². The molecule has 0 fully saturated rings.